The number of ether oxygens (including phenoxy) is 4. The summed E-state index contributed by atoms with van der Waals surface area (Å²) in [5, 5.41) is 25.8. The van der Waals surface area contributed by atoms with E-state index < -0.39 is 76.0 Å². The Balaban J connectivity index is -0.000000194. The summed E-state index contributed by atoms with van der Waals surface area (Å²) in [5.41, 5.74) is 0. The molecule has 19 heteroatoms. The van der Waals surface area contributed by atoms with Crippen molar-refractivity contribution in [3.63, 3.8) is 0 Å². The van der Waals surface area contributed by atoms with E-state index in [-0.39, 0.29) is 19.8 Å². The predicted octanol–water partition coefficient (Wildman–Crippen LogP) is 3.85. The number of hydrogen-bond acceptors (Lipinski definition) is 7. The largest absolute Gasteiger partial charge is 0.394 e. The number of hydrogen-bond donors (Lipinski definition) is 3. The van der Waals surface area contributed by atoms with Crippen LogP contribution < -0.4 is 0 Å². The lowest BCUT2D eigenvalue weighted by Gasteiger charge is -2.15. The number of aliphatic hydroxyl groups is 3. The van der Waals surface area contributed by atoms with Gasteiger partial charge in [-0.1, -0.05) is 0 Å². The first-order chi connectivity index (χ1) is 16.1. The quantitative estimate of drug-likeness (QED) is 0.234. The second-order valence-corrected chi connectivity index (χ2v) is 5.16. The zero-order valence-electron chi connectivity index (χ0n) is 17.8. The van der Waals surface area contributed by atoms with Crippen molar-refractivity contribution in [3.05, 3.63) is 24.3 Å². The fourth-order valence-electron chi connectivity index (χ4n) is 1.00. The van der Waals surface area contributed by atoms with Crippen LogP contribution >= 0.6 is 0 Å². The van der Waals surface area contributed by atoms with Crippen molar-refractivity contribution in [2.75, 3.05) is 60.3 Å². The molecule has 0 rings (SSSR count). The Hall–Kier alpha value is -1.64. The molecule has 0 saturated heterocycles. The first kappa shape index (κ1) is 40.5. The molecule has 0 aliphatic carbocycles. The van der Waals surface area contributed by atoms with Crippen LogP contribution in [0.5, 0.6) is 0 Å². The molecule has 0 amide bonds. The summed E-state index contributed by atoms with van der Waals surface area (Å²) in [7, 11) is 1.48. The molecule has 2 atom stereocenters. The highest BCUT2D eigenvalue weighted by molar-refractivity contribution is 4.77. The third-order valence-corrected chi connectivity index (χ3v) is 2.23. The van der Waals surface area contributed by atoms with Crippen molar-refractivity contribution in [1.82, 2.24) is 0 Å². The lowest BCUT2D eigenvalue weighted by Crippen LogP contribution is -2.30. The van der Waals surface area contributed by atoms with E-state index >= 15 is 0 Å². The second kappa shape index (κ2) is 27.0. The van der Waals surface area contributed by atoms with Gasteiger partial charge in [0.15, 0.2) is 6.86 Å². The Labute approximate surface area is 191 Å². The molecule has 0 saturated carbocycles. The Morgan fingerprint density at radius 3 is 1.49 bits per heavy atom. The summed E-state index contributed by atoms with van der Waals surface area (Å²) in [6, 6.07) is 0. The molecule has 0 aliphatic heterocycles. The van der Waals surface area contributed by atoms with Gasteiger partial charge in [-0.3, -0.25) is 4.74 Å². The number of methoxy groups -OCH3 is 1. The molecule has 0 heterocycles. The van der Waals surface area contributed by atoms with E-state index in [1.165, 1.54) is 7.11 Å². The Kier molecular flexibility index (Phi) is 31.2. The van der Waals surface area contributed by atoms with Gasteiger partial charge in [0.2, 0.25) is 0 Å². The monoisotopic (exact) mass is 556 g/mol. The van der Waals surface area contributed by atoms with Crippen molar-refractivity contribution in [2.45, 2.75) is 18.3 Å². The van der Waals surface area contributed by atoms with Crippen molar-refractivity contribution in [1.29, 1.82) is 0 Å². The van der Waals surface area contributed by atoms with Crippen LogP contribution in [0, 0.1) is 0 Å². The number of halogens is 12. The lowest BCUT2D eigenvalue weighted by molar-refractivity contribution is -0.280. The zero-order chi connectivity index (χ0) is 28.4. The molecule has 0 spiro atoms. The van der Waals surface area contributed by atoms with Crippen LogP contribution in [0.3, 0.4) is 0 Å². The van der Waals surface area contributed by atoms with Crippen LogP contribution in [0.4, 0.5) is 52.7 Å². The fraction of sp³-hybridized carbons (Fsp3) is 0.750. The first-order valence-electron chi connectivity index (χ1n) is 8.59. The average Bonchev–Trinajstić information content (AvgIpc) is 2.75. The second-order valence-electron chi connectivity index (χ2n) is 5.16. The van der Waals surface area contributed by atoms with Gasteiger partial charge in [0.1, 0.15) is 25.5 Å². The van der Waals surface area contributed by atoms with Crippen molar-refractivity contribution < 1.29 is 87.0 Å². The van der Waals surface area contributed by atoms with Gasteiger partial charge in [-0.15, -0.1) is 0 Å². The molecule has 7 nitrogen and oxygen atoms in total. The van der Waals surface area contributed by atoms with Crippen LogP contribution in [-0.2, 0) is 18.9 Å². The Morgan fingerprint density at radius 1 is 0.743 bits per heavy atom. The van der Waals surface area contributed by atoms with Gasteiger partial charge in [0.05, 0.1) is 33.0 Å². The minimum atomic E-state index is -3.70. The van der Waals surface area contributed by atoms with E-state index in [1.807, 2.05) is 0 Å². The van der Waals surface area contributed by atoms with Gasteiger partial charge in [0, 0.05) is 7.11 Å². The molecule has 0 aromatic heterocycles. The molecule has 0 aromatic carbocycles. The summed E-state index contributed by atoms with van der Waals surface area (Å²) in [4.78, 5) is 0. The predicted molar refractivity (Wildman–Crippen MR) is 93.5 cm³/mol. The van der Waals surface area contributed by atoms with E-state index in [4.69, 9.17) is 20.1 Å². The Bertz CT molecular complexity index is 483. The summed E-state index contributed by atoms with van der Waals surface area (Å²) in [5.74, 6) is 0. The minimum absolute atomic E-state index is 0.0424. The molecule has 35 heavy (non-hydrogen) atoms. The van der Waals surface area contributed by atoms with E-state index in [0.717, 1.165) is 0 Å². The van der Waals surface area contributed by atoms with Crippen molar-refractivity contribution in [3.8, 4) is 0 Å². The van der Waals surface area contributed by atoms with Crippen molar-refractivity contribution >= 4 is 0 Å². The average molecular weight is 556 g/mol. The summed E-state index contributed by atoms with van der Waals surface area (Å²) >= 11 is 0. The Morgan fingerprint density at radius 2 is 1.17 bits per heavy atom. The third kappa shape index (κ3) is 39.8. The summed E-state index contributed by atoms with van der Waals surface area (Å²) < 4.78 is 146. The number of rotatable bonds is 13. The fourth-order valence-corrected chi connectivity index (χ4v) is 1.00. The molecular weight excluding hydrogens is 532 g/mol. The maximum Gasteiger partial charge on any atom is 0.381 e. The topological polar surface area (TPSA) is 97.6 Å². The summed E-state index contributed by atoms with van der Waals surface area (Å²) in [6.07, 6.45) is -17.2. The van der Waals surface area contributed by atoms with Crippen LogP contribution in [0.1, 0.15) is 0 Å². The number of alkyl halides is 4. The molecule has 0 aromatic rings. The van der Waals surface area contributed by atoms with Gasteiger partial charge in [-0.2, -0.15) is 43.9 Å². The van der Waals surface area contributed by atoms with Gasteiger partial charge >= 0.3 is 30.4 Å². The lowest BCUT2D eigenvalue weighted by atomic mass is 10.4. The first-order valence-corrected chi connectivity index (χ1v) is 8.59. The molecule has 0 fully saturated rings. The molecule has 0 aliphatic rings. The molecular formula is C16H24F12O7. The molecule has 0 bridgehead atoms. The third-order valence-electron chi connectivity index (χ3n) is 2.23. The van der Waals surface area contributed by atoms with Gasteiger partial charge < -0.3 is 29.5 Å². The summed E-state index contributed by atoms with van der Waals surface area (Å²) in [6.45, 7) is -3.92. The van der Waals surface area contributed by atoms with Gasteiger partial charge in [-0.25, -0.2) is 8.78 Å². The van der Waals surface area contributed by atoms with Crippen molar-refractivity contribution in [2.24, 2.45) is 0 Å². The molecule has 0 radical (unpaired) electrons. The van der Waals surface area contributed by atoms with Crippen LogP contribution in [0.2, 0.25) is 0 Å². The van der Waals surface area contributed by atoms with E-state index in [0.29, 0.717) is 0 Å². The SMILES string of the molecule is COCC(O)COCCF.FC(F)=C(F)F.FC(F)=C(F)F.OCC(O)COCC(F)(F)OCF. The standard InChI is InChI=1S/C6H11F3O4.C6H13FO3.2C2F4/c7-4-13-6(8,9)3-12-2-5(11)1-10;1-9-4-6(8)5-10-3-2-7;2*3-1(4)2(5)6/h5,10-11H,1-4H2;6,8H,2-5H2,1H3;;. The van der Waals surface area contributed by atoms with E-state index in [9.17, 15) is 52.7 Å². The highest BCUT2D eigenvalue weighted by atomic mass is 19.3. The molecule has 214 valence electrons. The maximum absolute atomic E-state index is 12.2. The van der Waals surface area contributed by atoms with Crippen LogP contribution in [0.15, 0.2) is 24.3 Å². The van der Waals surface area contributed by atoms with Crippen LogP contribution in [0.25, 0.3) is 0 Å². The smallest absolute Gasteiger partial charge is 0.381 e. The maximum atomic E-state index is 12.2. The van der Waals surface area contributed by atoms with Crippen LogP contribution in [-0.4, -0.2) is 93.9 Å². The van der Waals surface area contributed by atoms with E-state index in [2.05, 4.69) is 14.2 Å². The van der Waals surface area contributed by atoms with E-state index in [1.54, 1.807) is 0 Å². The minimum Gasteiger partial charge on any atom is -0.394 e. The van der Waals surface area contributed by atoms with Gasteiger partial charge in [-0.05, 0) is 0 Å². The highest BCUT2D eigenvalue weighted by Crippen LogP contribution is 2.15. The zero-order valence-corrected chi connectivity index (χ0v) is 17.8. The normalized spacial score (nSPS) is 12.0. The molecule has 2 unspecified atom stereocenters. The highest BCUT2D eigenvalue weighted by Gasteiger charge is 2.30. The number of aliphatic hydroxyl groups excluding tert-OH is 3. The molecule has 3 N–H and O–H groups in total. The van der Waals surface area contributed by atoms with Gasteiger partial charge in [0.25, 0.3) is 0 Å².